The van der Waals surface area contributed by atoms with Crippen molar-refractivity contribution in [2.45, 2.75) is 6.92 Å². The number of methoxy groups -OCH3 is 1. The Kier molecular flexibility index (Phi) is 5.78. The zero-order chi connectivity index (χ0) is 20.1. The number of carbonyl (C=O) groups excluding carboxylic acids is 1. The van der Waals surface area contributed by atoms with Crippen LogP contribution in [0.1, 0.15) is 21.6 Å². The fourth-order valence-electron chi connectivity index (χ4n) is 2.55. The van der Waals surface area contributed by atoms with Crippen LogP contribution < -0.4 is 15.4 Å². The van der Waals surface area contributed by atoms with E-state index in [4.69, 9.17) is 21.6 Å². The van der Waals surface area contributed by atoms with E-state index in [-0.39, 0.29) is 11.6 Å². The molecule has 3 rings (SSSR count). The quantitative estimate of drug-likeness (QED) is 0.643. The highest BCUT2D eigenvalue weighted by atomic mass is 35.5. The lowest BCUT2D eigenvalue weighted by Crippen LogP contribution is -2.13. The Hall–Kier alpha value is -3.56. The van der Waals surface area contributed by atoms with Gasteiger partial charge in [0, 0.05) is 16.8 Å². The second-order valence-corrected chi connectivity index (χ2v) is 6.41. The Morgan fingerprint density at radius 3 is 2.68 bits per heavy atom. The minimum absolute atomic E-state index is 0.257. The first kappa shape index (κ1) is 19.2. The molecule has 6 nitrogen and oxygen atoms in total. The van der Waals surface area contributed by atoms with E-state index in [0.29, 0.717) is 27.7 Å². The highest BCUT2D eigenvalue weighted by molar-refractivity contribution is 6.31. The molecule has 0 spiro atoms. The molecule has 3 aromatic rings. The number of benzene rings is 2. The number of rotatable bonds is 5. The minimum atomic E-state index is -0.360. The average Bonchev–Trinajstić information content (AvgIpc) is 2.71. The zero-order valence-electron chi connectivity index (χ0n) is 15.3. The minimum Gasteiger partial charge on any atom is -0.495 e. The molecule has 0 saturated carbocycles. The largest absolute Gasteiger partial charge is 0.495 e. The SMILES string of the molecule is COc1cc(Cl)c(C)cc1Nc1ccc(C(=O)Nc2cccc(C#N)c2)nc1. The molecule has 28 heavy (non-hydrogen) atoms. The van der Waals surface area contributed by atoms with E-state index in [1.165, 1.54) is 0 Å². The summed E-state index contributed by atoms with van der Waals surface area (Å²) in [5.74, 6) is 0.247. The Bertz CT molecular complexity index is 1060. The molecule has 0 aliphatic carbocycles. The molecular weight excluding hydrogens is 376 g/mol. The van der Waals surface area contributed by atoms with E-state index >= 15 is 0 Å². The standard InChI is InChI=1S/C21H17ClN4O2/c1-13-8-19(20(28-2)10-17(13)22)25-16-6-7-18(24-12-16)21(27)26-15-5-3-4-14(9-15)11-23/h3-10,12,25H,1-2H3,(H,26,27). The fraction of sp³-hybridized carbons (Fsp3) is 0.0952. The van der Waals surface area contributed by atoms with Gasteiger partial charge < -0.3 is 15.4 Å². The third-order valence-electron chi connectivity index (χ3n) is 4.01. The van der Waals surface area contributed by atoms with Crippen molar-refractivity contribution in [2.75, 3.05) is 17.7 Å². The summed E-state index contributed by atoms with van der Waals surface area (Å²) in [6.45, 7) is 1.90. The summed E-state index contributed by atoms with van der Waals surface area (Å²) in [5, 5.41) is 15.5. The van der Waals surface area contributed by atoms with Gasteiger partial charge in [0.1, 0.15) is 11.4 Å². The number of hydrogen-bond donors (Lipinski definition) is 2. The normalized spacial score (nSPS) is 10.1. The van der Waals surface area contributed by atoms with Gasteiger partial charge in [-0.25, -0.2) is 4.98 Å². The molecule has 0 radical (unpaired) electrons. The van der Waals surface area contributed by atoms with Crippen LogP contribution >= 0.6 is 11.6 Å². The van der Waals surface area contributed by atoms with E-state index in [1.54, 1.807) is 55.8 Å². The lowest BCUT2D eigenvalue weighted by Gasteiger charge is -2.13. The lowest BCUT2D eigenvalue weighted by molar-refractivity contribution is 0.102. The van der Waals surface area contributed by atoms with Gasteiger partial charge in [-0.15, -0.1) is 0 Å². The second kappa shape index (κ2) is 8.42. The van der Waals surface area contributed by atoms with Gasteiger partial charge in [0.05, 0.1) is 36.3 Å². The highest BCUT2D eigenvalue weighted by Gasteiger charge is 2.10. The van der Waals surface area contributed by atoms with Crippen molar-refractivity contribution in [3.8, 4) is 11.8 Å². The molecule has 1 heterocycles. The van der Waals surface area contributed by atoms with Crippen LogP contribution in [0.15, 0.2) is 54.7 Å². The Morgan fingerprint density at radius 1 is 1.18 bits per heavy atom. The fourth-order valence-corrected chi connectivity index (χ4v) is 2.70. The maximum Gasteiger partial charge on any atom is 0.274 e. The lowest BCUT2D eigenvalue weighted by atomic mass is 10.2. The van der Waals surface area contributed by atoms with Crippen molar-refractivity contribution in [3.05, 3.63) is 76.6 Å². The number of hydrogen-bond acceptors (Lipinski definition) is 5. The van der Waals surface area contributed by atoms with E-state index in [9.17, 15) is 4.79 Å². The van der Waals surface area contributed by atoms with E-state index in [1.807, 2.05) is 19.1 Å². The van der Waals surface area contributed by atoms with Crippen LogP contribution in [-0.4, -0.2) is 18.0 Å². The van der Waals surface area contributed by atoms with Crippen LogP contribution in [0.3, 0.4) is 0 Å². The molecule has 0 unspecified atom stereocenters. The predicted molar refractivity (Wildman–Crippen MR) is 109 cm³/mol. The number of aromatic nitrogens is 1. The Labute approximate surface area is 167 Å². The van der Waals surface area contributed by atoms with Crippen LogP contribution in [0.25, 0.3) is 0 Å². The molecule has 1 aromatic heterocycles. The van der Waals surface area contributed by atoms with Crippen molar-refractivity contribution in [1.29, 1.82) is 5.26 Å². The molecule has 0 bridgehead atoms. The molecule has 1 amide bonds. The maximum absolute atomic E-state index is 12.4. The van der Waals surface area contributed by atoms with Crippen LogP contribution in [0.2, 0.25) is 5.02 Å². The molecule has 0 fully saturated rings. The van der Waals surface area contributed by atoms with Gasteiger partial charge in [-0.3, -0.25) is 4.79 Å². The monoisotopic (exact) mass is 392 g/mol. The molecule has 140 valence electrons. The summed E-state index contributed by atoms with van der Waals surface area (Å²) in [5.41, 5.74) is 3.62. The number of pyridine rings is 1. The maximum atomic E-state index is 12.4. The molecule has 0 aliphatic rings. The van der Waals surface area contributed by atoms with E-state index in [2.05, 4.69) is 15.6 Å². The smallest absolute Gasteiger partial charge is 0.274 e. The number of ether oxygens (including phenoxy) is 1. The van der Waals surface area contributed by atoms with E-state index in [0.717, 1.165) is 11.3 Å². The number of carbonyl (C=O) groups is 1. The number of anilines is 3. The second-order valence-electron chi connectivity index (χ2n) is 6.01. The predicted octanol–water partition coefficient (Wildman–Crippen LogP) is 4.92. The number of nitriles is 1. The average molecular weight is 393 g/mol. The van der Waals surface area contributed by atoms with Crippen LogP contribution in [0, 0.1) is 18.3 Å². The third kappa shape index (κ3) is 4.40. The number of nitrogens with one attached hydrogen (secondary N) is 2. The van der Waals surface area contributed by atoms with Crippen LogP contribution in [0.5, 0.6) is 5.75 Å². The first-order valence-electron chi connectivity index (χ1n) is 8.39. The summed E-state index contributed by atoms with van der Waals surface area (Å²) in [7, 11) is 1.57. The zero-order valence-corrected chi connectivity index (χ0v) is 16.0. The topological polar surface area (TPSA) is 87.0 Å². The molecule has 0 atom stereocenters. The molecular formula is C21H17ClN4O2. The number of amides is 1. The van der Waals surface area contributed by atoms with Gasteiger partial charge in [-0.05, 0) is 48.9 Å². The van der Waals surface area contributed by atoms with Crippen molar-refractivity contribution in [3.63, 3.8) is 0 Å². The molecule has 2 aromatic carbocycles. The van der Waals surface area contributed by atoms with Crippen molar-refractivity contribution in [1.82, 2.24) is 4.98 Å². The first-order valence-corrected chi connectivity index (χ1v) is 8.76. The molecule has 0 saturated heterocycles. The van der Waals surface area contributed by atoms with Gasteiger partial charge >= 0.3 is 0 Å². The van der Waals surface area contributed by atoms with Crippen LogP contribution in [0.4, 0.5) is 17.1 Å². The van der Waals surface area contributed by atoms with Gasteiger partial charge in [0.15, 0.2) is 0 Å². The number of aryl methyl sites for hydroxylation is 1. The summed E-state index contributed by atoms with van der Waals surface area (Å²) in [6, 6.07) is 15.7. The van der Waals surface area contributed by atoms with Crippen LogP contribution in [-0.2, 0) is 0 Å². The third-order valence-corrected chi connectivity index (χ3v) is 4.41. The summed E-state index contributed by atoms with van der Waals surface area (Å²) in [4.78, 5) is 16.6. The molecule has 7 heteroatoms. The van der Waals surface area contributed by atoms with Gasteiger partial charge in [0.2, 0.25) is 0 Å². The summed E-state index contributed by atoms with van der Waals surface area (Å²) >= 11 is 6.13. The van der Waals surface area contributed by atoms with Crippen molar-refractivity contribution < 1.29 is 9.53 Å². The first-order chi connectivity index (χ1) is 13.5. The Morgan fingerprint density at radius 2 is 2.00 bits per heavy atom. The van der Waals surface area contributed by atoms with Gasteiger partial charge in [-0.2, -0.15) is 5.26 Å². The number of nitrogens with zero attached hydrogens (tertiary/aromatic N) is 2. The van der Waals surface area contributed by atoms with Crippen molar-refractivity contribution in [2.24, 2.45) is 0 Å². The summed E-state index contributed by atoms with van der Waals surface area (Å²) < 4.78 is 5.35. The van der Waals surface area contributed by atoms with Crippen molar-refractivity contribution >= 4 is 34.6 Å². The molecule has 2 N–H and O–H groups in total. The highest BCUT2D eigenvalue weighted by Crippen LogP contribution is 2.32. The Balaban J connectivity index is 1.74. The van der Waals surface area contributed by atoms with E-state index < -0.39 is 0 Å². The van der Waals surface area contributed by atoms with Gasteiger partial charge in [-0.1, -0.05) is 17.7 Å². The number of halogens is 1. The van der Waals surface area contributed by atoms with Gasteiger partial charge in [0.25, 0.3) is 5.91 Å². The molecule has 0 aliphatic heterocycles. The summed E-state index contributed by atoms with van der Waals surface area (Å²) in [6.07, 6.45) is 1.56.